The van der Waals surface area contributed by atoms with E-state index in [-0.39, 0.29) is 0 Å². The van der Waals surface area contributed by atoms with Crippen molar-refractivity contribution < 1.29 is 0 Å². The molecule has 102 valence electrons. The SMILES string of the molecule is CCCc1c(NCC)ncnc1Sc1nc(C)cs1. The van der Waals surface area contributed by atoms with Crippen LogP contribution in [0.3, 0.4) is 0 Å². The van der Waals surface area contributed by atoms with E-state index in [4.69, 9.17) is 0 Å². The van der Waals surface area contributed by atoms with E-state index in [1.807, 2.05) is 6.92 Å². The van der Waals surface area contributed by atoms with Crippen LogP contribution in [0.2, 0.25) is 0 Å². The number of anilines is 1. The van der Waals surface area contributed by atoms with Crippen LogP contribution in [0.25, 0.3) is 0 Å². The summed E-state index contributed by atoms with van der Waals surface area (Å²) in [6, 6.07) is 0. The second-order valence-corrected chi connectivity index (χ2v) is 6.24. The van der Waals surface area contributed by atoms with E-state index < -0.39 is 0 Å². The normalized spacial score (nSPS) is 10.7. The zero-order valence-corrected chi connectivity index (χ0v) is 13.1. The lowest BCUT2D eigenvalue weighted by Gasteiger charge is -2.11. The van der Waals surface area contributed by atoms with Crippen molar-refractivity contribution in [3.63, 3.8) is 0 Å². The lowest BCUT2D eigenvalue weighted by atomic mass is 10.2. The van der Waals surface area contributed by atoms with Crippen LogP contribution >= 0.6 is 23.1 Å². The van der Waals surface area contributed by atoms with E-state index in [0.29, 0.717) is 0 Å². The number of nitrogens with zero attached hydrogens (tertiary/aromatic N) is 3. The number of hydrogen-bond acceptors (Lipinski definition) is 6. The highest BCUT2D eigenvalue weighted by atomic mass is 32.2. The molecule has 2 aromatic heterocycles. The van der Waals surface area contributed by atoms with Crippen LogP contribution < -0.4 is 5.32 Å². The molecule has 0 bridgehead atoms. The molecule has 0 aliphatic heterocycles. The molecule has 0 unspecified atom stereocenters. The first kappa shape index (κ1) is 14.3. The number of hydrogen-bond donors (Lipinski definition) is 1. The Labute approximate surface area is 122 Å². The van der Waals surface area contributed by atoms with Gasteiger partial charge in [-0.1, -0.05) is 13.3 Å². The van der Waals surface area contributed by atoms with Gasteiger partial charge in [0.1, 0.15) is 17.2 Å². The third kappa shape index (κ3) is 3.67. The molecule has 2 heterocycles. The zero-order valence-electron chi connectivity index (χ0n) is 11.4. The summed E-state index contributed by atoms with van der Waals surface area (Å²) in [6.07, 6.45) is 3.69. The Morgan fingerprint density at radius 3 is 2.79 bits per heavy atom. The largest absolute Gasteiger partial charge is 0.370 e. The van der Waals surface area contributed by atoms with Crippen LogP contribution in [0.5, 0.6) is 0 Å². The highest BCUT2D eigenvalue weighted by molar-refractivity contribution is 8.01. The van der Waals surface area contributed by atoms with Crippen molar-refractivity contribution in [3.05, 3.63) is 23.0 Å². The minimum Gasteiger partial charge on any atom is -0.370 e. The topological polar surface area (TPSA) is 50.7 Å². The van der Waals surface area contributed by atoms with E-state index in [9.17, 15) is 0 Å². The molecule has 0 aliphatic rings. The van der Waals surface area contributed by atoms with Crippen molar-refractivity contribution in [1.82, 2.24) is 15.0 Å². The smallest absolute Gasteiger partial charge is 0.156 e. The van der Waals surface area contributed by atoms with E-state index in [1.165, 1.54) is 5.56 Å². The van der Waals surface area contributed by atoms with Crippen molar-refractivity contribution >= 4 is 28.9 Å². The molecule has 19 heavy (non-hydrogen) atoms. The summed E-state index contributed by atoms with van der Waals surface area (Å²) in [4.78, 5) is 13.2. The van der Waals surface area contributed by atoms with Gasteiger partial charge < -0.3 is 5.32 Å². The lowest BCUT2D eigenvalue weighted by molar-refractivity contribution is 0.855. The van der Waals surface area contributed by atoms with Crippen molar-refractivity contribution in [2.45, 2.75) is 43.0 Å². The third-order valence-corrected chi connectivity index (χ3v) is 4.63. The molecular weight excluding hydrogens is 276 g/mol. The van der Waals surface area contributed by atoms with Gasteiger partial charge in [-0.3, -0.25) is 0 Å². The quantitative estimate of drug-likeness (QED) is 0.822. The highest BCUT2D eigenvalue weighted by Gasteiger charge is 2.13. The summed E-state index contributed by atoms with van der Waals surface area (Å²) < 4.78 is 1.04. The predicted octanol–water partition coefficient (Wildman–Crippen LogP) is 3.78. The maximum absolute atomic E-state index is 4.48. The third-order valence-electron chi connectivity index (χ3n) is 2.53. The maximum atomic E-state index is 4.48. The maximum Gasteiger partial charge on any atom is 0.156 e. The Hall–Kier alpha value is -1.14. The minimum absolute atomic E-state index is 0.869. The van der Waals surface area contributed by atoms with Gasteiger partial charge in [0.2, 0.25) is 0 Å². The Morgan fingerprint density at radius 2 is 2.16 bits per heavy atom. The minimum atomic E-state index is 0.869. The van der Waals surface area contributed by atoms with Crippen LogP contribution in [-0.2, 0) is 6.42 Å². The first-order chi connectivity index (χ1) is 9.24. The van der Waals surface area contributed by atoms with Gasteiger partial charge in [-0.05, 0) is 32.0 Å². The second kappa shape index (κ2) is 6.86. The van der Waals surface area contributed by atoms with Gasteiger partial charge in [0, 0.05) is 23.2 Å². The molecule has 2 aromatic rings. The zero-order chi connectivity index (χ0) is 13.7. The van der Waals surface area contributed by atoms with E-state index in [2.05, 4.69) is 39.5 Å². The first-order valence-electron chi connectivity index (χ1n) is 6.42. The average Bonchev–Trinajstić information content (AvgIpc) is 2.79. The van der Waals surface area contributed by atoms with Gasteiger partial charge in [0.05, 0.1) is 0 Å². The molecule has 0 radical (unpaired) electrons. The number of nitrogens with one attached hydrogen (secondary N) is 1. The molecule has 6 heteroatoms. The van der Waals surface area contributed by atoms with Gasteiger partial charge in [0.25, 0.3) is 0 Å². The van der Waals surface area contributed by atoms with E-state index >= 15 is 0 Å². The van der Waals surface area contributed by atoms with Crippen LogP contribution in [0.1, 0.15) is 31.5 Å². The fraction of sp³-hybridized carbons (Fsp3) is 0.462. The molecule has 0 aromatic carbocycles. The molecule has 1 N–H and O–H groups in total. The first-order valence-corrected chi connectivity index (χ1v) is 8.12. The number of aromatic nitrogens is 3. The van der Waals surface area contributed by atoms with Crippen LogP contribution in [0, 0.1) is 6.92 Å². The number of aryl methyl sites for hydroxylation is 1. The monoisotopic (exact) mass is 294 g/mol. The van der Waals surface area contributed by atoms with Gasteiger partial charge in [-0.2, -0.15) is 0 Å². The Morgan fingerprint density at radius 1 is 1.32 bits per heavy atom. The Balaban J connectivity index is 2.29. The van der Waals surface area contributed by atoms with Crippen LogP contribution in [0.4, 0.5) is 5.82 Å². The Bertz CT molecular complexity index is 539. The molecule has 0 saturated carbocycles. The molecule has 0 atom stereocenters. The van der Waals surface area contributed by atoms with Crippen molar-refractivity contribution in [1.29, 1.82) is 0 Å². The molecule has 0 saturated heterocycles. The predicted molar refractivity (Wildman–Crippen MR) is 81.2 cm³/mol. The molecule has 2 rings (SSSR count). The summed E-state index contributed by atoms with van der Waals surface area (Å²) in [5.74, 6) is 0.954. The van der Waals surface area contributed by atoms with Crippen molar-refractivity contribution in [2.24, 2.45) is 0 Å². The van der Waals surface area contributed by atoms with Gasteiger partial charge in [0.15, 0.2) is 4.34 Å². The van der Waals surface area contributed by atoms with Crippen molar-refractivity contribution in [2.75, 3.05) is 11.9 Å². The number of thiazole rings is 1. The molecule has 0 spiro atoms. The second-order valence-electron chi connectivity index (χ2n) is 4.14. The molecular formula is C13H18N4S2. The summed E-state index contributed by atoms with van der Waals surface area (Å²) in [5, 5.41) is 6.39. The fourth-order valence-electron chi connectivity index (χ4n) is 1.74. The van der Waals surface area contributed by atoms with E-state index in [0.717, 1.165) is 40.3 Å². The summed E-state index contributed by atoms with van der Waals surface area (Å²) in [5.41, 5.74) is 2.26. The molecule has 0 aliphatic carbocycles. The molecule has 0 fully saturated rings. The standard InChI is InChI=1S/C13H18N4S2/c1-4-6-10-11(14-5-2)15-8-16-12(10)19-13-17-9(3)7-18-13/h7-8H,4-6H2,1-3H3,(H,14,15,16). The summed E-state index contributed by atoms with van der Waals surface area (Å²) in [7, 11) is 0. The van der Waals surface area contributed by atoms with Crippen molar-refractivity contribution in [3.8, 4) is 0 Å². The van der Waals surface area contributed by atoms with Crippen LogP contribution in [-0.4, -0.2) is 21.5 Å². The fourth-order valence-corrected chi connectivity index (χ4v) is 3.61. The lowest BCUT2D eigenvalue weighted by Crippen LogP contribution is -2.05. The average molecular weight is 294 g/mol. The van der Waals surface area contributed by atoms with E-state index in [1.54, 1.807) is 29.4 Å². The summed E-state index contributed by atoms with van der Waals surface area (Å²) >= 11 is 3.29. The summed E-state index contributed by atoms with van der Waals surface area (Å²) in [6.45, 7) is 7.13. The van der Waals surface area contributed by atoms with Crippen LogP contribution in [0.15, 0.2) is 21.1 Å². The highest BCUT2D eigenvalue weighted by Crippen LogP contribution is 2.33. The molecule has 0 amide bonds. The van der Waals surface area contributed by atoms with Gasteiger partial charge in [-0.25, -0.2) is 15.0 Å². The molecule has 4 nitrogen and oxygen atoms in total. The Kier molecular flexibility index (Phi) is 5.15. The van der Waals surface area contributed by atoms with Gasteiger partial charge >= 0.3 is 0 Å². The number of rotatable bonds is 6. The van der Waals surface area contributed by atoms with Gasteiger partial charge in [-0.15, -0.1) is 11.3 Å².